The number of amides is 2. The minimum Gasteiger partial charge on any atom is -0.245 e. The Labute approximate surface area is 140 Å². The Kier molecular flexibility index (Phi) is 3.83. The van der Waals surface area contributed by atoms with Gasteiger partial charge >= 0.3 is 6.03 Å². The van der Waals surface area contributed by atoms with Crippen LogP contribution in [0.2, 0.25) is 0 Å². The Hall–Kier alpha value is -2.95. The molecule has 2 aliphatic carbocycles. The molecule has 0 aliphatic heterocycles. The summed E-state index contributed by atoms with van der Waals surface area (Å²) in [5.41, 5.74) is 11.7. The van der Waals surface area contributed by atoms with Crippen LogP contribution < -0.4 is 10.9 Å². The number of nitrogens with one attached hydrogen (secondary N) is 2. The van der Waals surface area contributed by atoms with Crippen molar-refractivity contribution >= 4 is 17.5 Å². The largest absolute Gasteiger partial charge is 0.355 e. The second-order valence-electron chi connectivity index (χ2n) is 5.98. The molecular formula is C19H18N4O. The smallest absolute Gasteiger partial charge is 0.245 e. The van der Waals surface area contributed by atoms with Gasteiger partial charge in [-0.05, 0) is 36.8 Å². The summed E-state index contributed by atoms with van der Waals surface area (Å²) in [5.74, 6) is 0. The molecule has 0 spiro atoms. The van der Waals surface area contributed by atoms with E-state index >= 15 is 0 Å². The lowest BCUT2D eigenvalue weighted by Crippen LogP contribution is -2.30. The highest BCUT2D eigenvalue weighted by Gasteiger charge is 2.18. The first kappa shape index (κ1) is 14.6. The first-order valence-electron chi connectivity index (χ1n) is 8.17. The van der Waals surface area contributed by atoms with Gasteiger partial charge in [0.1, 0.15) is 0 Å². The van der Waals surface area contributed by atoms with E-state index < -0.39 is 6.03 Å². The third-order valence-corrected chi connectivity index (χ3v) is 4.50. The fraction of sp³-hybridized carbons (Fsp3) is 0.211. The van der Waals surface area contributed by atoms with Gasteiger partial charge in [-0.25, -0.2) is 15.6 Å². The molecule has 2 N–H and O–H groups in total. The number of rotatable bonds is 2. The van der Waals surface area contributed by atoms with Crippen molar-refractivity contribution in [2.75, 3.05) is 0 Å². The predicted octanol–water partition coefficient (Wildman–Crippen LogP) is 2.99. The Morgan fingerprint density at radius 3 is 1.67 bits per heavy atom. The molecule has 0 saturated carbocycles. The molecule has 2 aliphatic rings. The van der Waals surface area contributed by atoms with Gasteiger partial charge < -0.3 is 0 Å². The van der Waals surface area contributed by atoms with Crippen LogP contribution in [0.4, 0.5) is 4.79 Å². The van der Waals surface area contributed by atoms with E-state index in [1.165, 1.54) is 11.1 Å². The highest BCUT2D eigenvalue weighted by Crippen LogP contribution is 2.22. The Morgan fingerprint density at radius 1 is 0.708 bits per heavy atom. The maximum absolute atomic E-state index is 11.9. The summed E-state index contributed by atoms with van der Waals surface area (Å²) in [6, 6.07) is 15.9. The molecule has 120 valence electrons. The van der Waals surface area contributed by atoms with Gasteiger partial charge in [0.25, 0.3) is 0 Å². The molecule has 2 aromatic carbocycles. The zero-order valence-electron chi connectivity index (χ0n) is 13.2. The van der Waals surface area contributed by atoms with Crippen molar-refractivity contribution in [3.8, 4) is 0 Å². The molecule has 0 radical (unpaired) electrons. The zero-order valence-corrected chi connectivity index (χ0v) is 13.2. The van der Waals surface area contributed by atoms with Gasteiger partial charge in [-0.3, -0.25) is 0 Å². The van der Waals surface area contributed by atoms with Gasteiger partial charge in [0, 0.05) is 11.1 Å². The summed E-state index contributed by atoms with van der Waals surface area (Å²) in [7, 11) is 0. The molecule has 0 saturated heterocycles. The SMILES string of the molecule is O=C(N/N=C1/CCc2ccccc21)N/N=C1\CCc2ccccc21. The van der Waals surface area contributed by atoms with Gasteiger partial charge in [0.15, 0.2) is 0 Å². The Bertz CT molecular complexity index is 784. The summed E-state index contributed by atoms with van der Waals surface area (Å²) in [6.07, 6.45) is 3.64. The van der Waals surface area contributed by atoms with Crippen molar-refractivity contribution in [3.63, 3.8) is 0 Å². The maximum atomic E-state index is 11.9. The minimum absolute atomic E-state index is 0.413. The van der Waals surface area contributed by atoms with E-state index in [0.717, 1.165) is 48.2 Å². The Morgan fingerprint density at radius 2 is 1.17 bits per heavy atom. The van der Waals surface area contributed by atoms with Crippen LogP contribution in [0, 0.1) is 0 Å². The van der Waals surface area contributed by atoms with E-state index in [-0.39, 0.29) is 0 Å². The number of fused-ring (bicyclic) bond motifs is 2. The maximum Gasteiger partial charge on any atom is 0.355 e. The number of urea groups is 1. The van der Waals surface area contributed by atoms with Crippen LogP contribution in [0.1, 0.15) is 35.1 Å². The predicted molar refractivity (Wildman–Crippen MR) is 94.3 cm³/mol. The monoisotopic (exact) mass is 318 g/mol. The van der Waals surface area contributed by atoms with E-state index in [2.05, 4.69) is 33.2 Å². The third kappa shape index (κ3) is 2.80. The van der Waals surface area contributed by atoms with Gasteiger partial charge in [0.2, 0.25) is 0 Å². The number of hydrogen-bond donors (Lipinski definition) is 2. The van der Waals surface area contributed by atoms with E-state index in [1.807, 2.05) is 36.4 Å². The third-order valence-electron chi connectivity index (χ3n) is 4.50. The second-order valence-corrected chi connectivity index (χ2v) is 5.98. The number of nitrogens with zero attached hydrogens (tertiary/aromatic N) is 2. The van der Waals surface area contributed by atoms with Crippen LogP contribution in [-0.2, 0) is 12.8 Å². The van der Waals surface area contributed by atoms with Crippen molar-refractivity contribution in [2.45, 2.75) is 25.7 Å². The van der Waals surface area contributed by atoms with Crippen LogP contribution in [0.25, 0.3) is 0 Å². The highest BCUT2D eigenvalue weighted by atomic mass is 16.2. The summed E-state index contributed by atoms with van der Waals surface area (Å²) in [6.45, 7) is 0. The summed E-state index contributed by atoms with van der Waals surface area (Å²) >= 11 is 0. The number of carbonyl (C=O) groups excluding carboxylic acids is 1. The topological polar surface area (TPSA) is 65.8 Å². The van der Waals surface area contributed by atoms with Crippen LogP contribution >= 0.6 is 0 Å². The van der Waals surface area contributed by atoms with Crippen molar-refractivity contribution in [2.24, 2.45) is 10.2 Å². The molecule has 2 amide bonds. The van der Waals surface area contributed by atoms with Gasteiger partial charge in [-0.1, -0.05) is 48.5 Å². The Balaban J connectivity index is 1.40. The fourth-order valence-electron chi connectivity index (χ4n) is 3.31. The minimum atomic E-state index is -0.413. The molecule has 0 unspecified atom stereocenters. The summed E-state index contributed by atoms with van der Waals surface area (Å²) in [5, 5.41) is 8.48. The molecule has 0 aromatic heterocycles. The van der Waals surface area contributed by atoms with E-state index in [9.17, 15) is 4.79 Å². The zero-order chi connectivity index (χ0) is 16.4. The first-order valence-corrected chi connectivity index (χ1v) is 8.17. The molecule has 4 rings (SSSR count). The van der Waals surface area contributed by atoms with Crippen LogP contribution in [0.5, 0.6) is 0 Å². The average molecular weight is 318 g/mol. The lowest BCUT2D eigenvalue weighted by atomic mass is 10.1. The average Bonchev–Trinajstić information content (AvgIpc) is 3.22. The van der Waals surface area contributed by atoms with Gasteiger partial charge in [-0.15, -0.1) is 0 Å². The lowest BCUT2D eigenvalue weighted by Gasteiger charge is -2.03. The van der Waals surface area contributed by atoms with Crippen LogP contribution in [0.3, 0.4) is 0 Å². The van der Waals surface area contributed by atoms with Gasteiger partial charge in [0.05, 0.1) is 11.4 Å². The normalized spacial score (nSPS) is 18.5. The van der Waals surface area contributed by atoms with Crippen molar-refractivity contribution in [1.82, 2.24) is 10.9 Å². The number of hydrogen-bond acceptors (Lipinski definition) is 3. The summed E-state index contributed by atoms with van der Waals surface area (Å²) in [4.78, 5) is 11.9. The standard InChI is InChI=1S/C19H18N4O/c24-19(22-20-17-11-9-13-5-1-3-7-15(13)17)23-21-18-12-10-14-6-2-4-8-16(14)18/h1-8H,9-12H2,(H2,22,23,24)/b20-17-,21-18+. The van der Waals surface area contributed by atoms with Crippen molar-refractivity contribution in [3.05, 3.63) is 70.8 Å². The second kappa shape index (κ2) is 6.28. The number of hydrazone groups is 2. The fourth-order valence-corrected chi connectivity index (χ4v) is 3.31. The molecule has 0 atom stereocenters. The van der Waals surface area contributed by atoms with E-state index in [1.54, 1.807) is 0 Å². The number of benzene rings is 2. The molecule has 5 heteroatoms. The first-order chi connectivity index (χ1) is 11.8. The molecule has 0 fully saturated rings. The van der Waals surface area contributed by atoms with Gasteiger partial charge in [-0.2, -0.15) is 10.2 Å². The molecule has 2 aromatic rings. The molecule has 0 bridgehead atoms. The number of aryl methyl sites for hydroxylation is 2. The van der Waals surface area contributed by atoms with Crippen LogP contribution in [0.15, 0.2) is 58.7 Å². The molecule has 24 heavy (non-hydrogen) atoms. The van der Waals surface area contributed by atoms with Crippen LogP contribution in [-0.4, -0.2) is 17.5 Å². The number of carbonyl (C=O) groups is 1. The van der Waals surface area contributed by atoms with E-state index in [4.69, 9.17) is 0 Å². The quantitative estimate of drug-likeness (QED) is 0.821. The highest BCUT2D eigenvalue weighted by molar-refractivity contribution is 6.05. The van der Waals surface area contributed by atoms with Crippen molar-refractivity contribution < 1.29 is 4.79 Å². The lowest BCUT2D eigenvalue weighted by molar-refractivity contribution is 0.242. The molecule has 0 heterocycles. The summed E-state index contributed by atoms with van der Waals surface area (Å²) < 4.78 is 0. The molecule has 5 nitrogen and oxygen atoms in total. The van der Waals surface area contributed by atoms with E-state index in [0.29, 0.717) is 0 Å². The molecular weight excluding hydrogens is 300 g/mol. The van der Waals surface area contributed by atoms with Crippen molar-refractivity contribution in [1.29, 1.82) is 0 Å².